The quantitative estimate of drug-likeness (QED) is 0.450. The lowest BCUT2D eigenvalue weighted by Gasteiger charge is -2.28. The Balaban J connectivity index is 1.68. The number of anilines is 1. The molecule has 6 nitrogen and oxygen atoms in total. The van der Waals surface area contributed by atoms with E-state index in [2.05, 4.69) is 10.2 Å². The monoisotopic (exact) mass is 379 g/mol. The molecule has 6 heteroatoms. The second kappa shape index (κ2) is 9.17. The number of aldehydes is 1. The lowest BCUT2D eigenvalue weighted by Crippen LogP contribution is -2.29. The summed E-state index contributed by atoms with van der Waals surface area (Å²) < 4.78 is 0. The van der Waals surface area contributed by atoms with Gasteiger partial charge in [0.05, 0.1) is 5.70 Å². The molecule has 0 saturated carbocycles. The van der Waals surface area contributed by atoms with Crippen LogP contribution in [-0.4, -0.2) is 31.1 Å². The molecule has 1 fully saturated rings. The Morgan fingerprint density at radius 1 is 1.07 bits per heavy atom. The van der Waals surface area contributed by atoms with Crippen LogP contribution < -0.4 is 16.0 Å². The SMILES string of the molecule is N/C=C(\C=C(/C=O)NC(=O)c1ccc(N2CCCCC2)cc1)C1=CC(=O)CC1. The fourth-order valence-electron chi connectivity index (χ4n) is 3.52. The van der Waals surface area contributed by atoms with Crippen LogP contribution in [-0.2, 0) is 9.59 Å². The molecule has 0 bridgehead atoms. The highest BCUT2D eigenvalue weighted by Gasteiger charge is 2.16. The Labute approximate surface area is 164 Å². The number of nitrogens with one attached hydrogen (secondary N) is 1. The molecule has 0 atom stereocenters. The molecular weight excluding hydrogens is 354 g/mol. The Morgan fingerprint density at radius 2 is 1.79 bits per heavy atom. The molecule has 1 aromatic carbocycles. The molecule has 0 unspecified atom stereocenters. The van der Waals surface area contributed by atoms with Crippen LogP contribution in [0.5, 0.6) is 0 Å². The summed E-state index contributed by atoms with van der Waals surface area (Å²) >= 11 is 0. The molecule has 1 amide bonds. The van der Waals surface area contributed by atoms with Gasteiger partial charge in [-0.1, -0.05) is 0 Å². The second-order valence-corrected chi connectivity index (χ2v) is 7.02. The fourth-order valence-corrected chi connectivity index (χ4v) is 3.52. The molecular formula is C22H25N3O3. The number of piperidine rings is 1. The van der Waals surface area contributed by atoms with Crippen molar-refractivity contribution >= 4 is 23.7 Å². The summed E-state index contributed by atoms with van der Waals surface area (Å²) in [4.78, 5) is 37.7. The highest BCUT2D eigenvalue weighted by atomic mass is 16.2. The van der Waals surface area contributed by atoms with E-state index in [0.29, 0.717) is 30.3 Å². The predicted molar refractivity (Wildman–Crippen MR) is 109 cm³/mol. The van der Waals surface area contributed by atoms with Crippen molar-refractivity contribution in [2.24, 2.45) is 5.73 Å². The van der Waals surface area contributed by atoms with Gasteiger partial charge in [0.2, 0.25) is 0 Å². The zero-order valence-electron chi connectivity index (χ0n) is 15.8. The van der Waals surface area contributed by atoms with E-state index in [1.807, 2.05) is 12.1 Å². The van der Waals surface area contributed by atoms with E-state index in [-0.39, 0.29) is 17.4 Å². The summed E-state index contributed by atoms with van der Waals surface area (Å²) in [6.45, 7) is 2.08. The highest BCUT2D eigenvalue weighted by Crippen LogP contribution is 2.24. The van der Waals surface area contributed by atoms with Crippen molar-refractivity contribution in [3.63, 3.8) is 0 Å². The molecule has 28 heavy (non-hydrogen) atoms. The Bertz CT molecular complexity index is 844. The van der Waals surface area contributed by atoms with Gasteiger partial charge in [-0.2, -0.15) is 0 Å². The van der Waals surface area contributed by atoms with Crippen LogP contribution in [0.3, 0.4) is 0 Å². The molecule has 0 spiro atoms. The number of rotatable bonds is 6. The van der Waals surface area contributed by atoms with E-state index in [1.54, 1.807) is 12.1 Å². The van der Waals surface area contributed by atoms with E-state index in [9.17, 15) is 14.4 Å². The highest BCUT2D eigenvalue weighted by molar-refractivity contribution is 5.99. The van der Waals surface area contributed by atoms with Crippen molar-refractivity contribution in [1.82, 2.24) is 5.32 Å². The van der Waals surface area contributed by atoms with Gasteiger partial charge in [-0.3, -0.25) is 14.4 Å². The lowest BCUT2D eigenvalue weighted by molar-refractivity contribution is -0.114. The summed E-state index contributed by atoms with van der Waals surface area (Å²) in [6, 6.07) is 7.40. The lowest BCUT2D eigenvalue weighted by atomic mass is 10.1. The van der Waals surface area contributed by atoms with Crippen LogP contribution in [0.15, 0.2) is 59.5 Å². The number of nitrogens with two attached hydrogens (primary N) is 1. The topological polar surface area (TPSA) is 92.5 Å². The second-order valence-electron chi connectivity index (χ2n) is 7.02. The summed E-state index contributed by atoms with van der Waals surface area (Å²) in [7, 11) is 0. The molecule has 1 saturated heterocycles. The Kier molecular flexibility index (Phi) is 6.42. The number of benzene rings is 1. The van der Waals surface area contributed by atoms with Gasteiger partial charge in [0, 0.05) is 37.0 Å². The number of carbonyl (C=O) groups is 3. The normalized spacial score (nSPS) is 18.1. The molecule has 1 aromatic rings. The predicted octanol–water partition coefficient (Wildman–Crippen LogP) is 2.62. The third-order valence-corrected chi connectivity index (χ3v) is 5.07. The summed E-state index contributed by atoms with van der Waals surface area (Å²) in [5, 5.41) is 2.61. The number of amides is 1. The number of carbonyl (C=O) groups excluding carboxylic acids is 3. The molecule has 3 N–H and O–H groups in total. The van der Waals surface area contributed by atoms with Crippen LogP contribution in [0.4, 0.5) is 5.69 Å². The van der Waals surface area contributed by atoms with Crippen LogP contribution in [0.25, 0.3) is 0 Å². The number of hydrogen-bond donors (Lipinski definition) is 2. The van der Waals surface area contributed by atoms with Crippen LogP contribution >= 0.6 is 0 Å². The first-order valence-corrected chi connectivity index (χ1v) is 9.59. The average Bonchev–Trinajstić information content (AvgIpc) is 3.17. The minimum absolute atomic E-state index is 0.0354. The number of allylic oxidation sites excluding steroid dienone is 5. The van der Waals surface area contributed by atoms with Crippen LogP contribution in [0.2, 0.25) is 0 Å². The Hall–Kier alpha value is -3.15. The first kappa shape index (κ1) is 19.6. The third-order valence-electron chi connectivity index (χ3n) is 5.07. The molecule has 3 rings (SSSR count). The van der Waals surface area contributed by atoms with Gasteiger partial charge < -0.3 is 16.0 Å². The first-order chi connectivity index (χ1) is 13.6. The molecule has 0 radical (unpaired) electrons. The molecule has 1 aliphatic heterocycles. The maximum atomic E-state index is 12.5. The summed E-state index contributed by atoms with van der Waals surface area (Å²) in [6.07, 6.45) is 9.60. The minimum Gasteiger partial charge on any atom is -0.404 e. The first-order valence-electron chi connectivity index (χ1n) is 9.59. The smallest absolute Gasteiger partial charge is 0.255 e. The van der Waals surface area contributed by atoms with Crippen molar-refractivity contribution in [2.45, 2.75) is 32.1 Å². The van der Waals surface area contributed by atoms with Gasteiger partial charge in [0.15, 0.2) is 12.1 Å². The van der Waals surface area contributed by atoms with E-state index < -0.39 is 0 Å². The van der Waals surface area contributed by atoms with Gasteiger partial charge in [-0.15, -0.1) is 0 Å². The molecule has 1 heterocycles. The van der Waals surface area contributed by atoms with Crippen LogP contribution in [0.1, 0.15) is 42.5 Å². The van der Waals surface area contributed by atoms with Gasteiger partial charge in [0.1, 0.15) is 0 Å². The van der Waals surface area contributed by atoms with Gasteiger partial charge in [-0.05, 0) is 73.2 Å². The zero-order chi connectivity index (χ0) is 19.9. The molecule has 1 aliphatic carbocycles. The van der Waals surface area contributed by atoms with Crippen molar-refractivity contribution in [2.75, 3.05) is 18.0 Å². The van der Waals surface area contributed by atoms with Gasteiger partial charge >= 0.3 is 0 Å². The van der Waals surface area contributed by atoms with Crippen molar-refractivity contribution in [3.05, 3.63) is 65.0 Å². The fraction of sp³-hybridized carbons (Fsp3) is 0.318. The summed E-state index contributed by atoms with van der Waals surface area (Å²) in [5.41, 5.74) is 8.65. The van der Waals surface area contributed by atoms with Gasteiger partial charge in [-0.25, -0.2) is 0 Å². The van der Waals surface area contributed by atoms with Crippen LogP contribution in [0, 0.1) is 0 Å². The summed E-state index contributed by atoms with van der Waals surface area (Å²) in [5.74, 6) is -0.329. The molecule has 146 valence electrons. The zero-order valence-corrected chi connectivity index (χ0v) is 15.8. The van der Waals surface area contributed by atoms with Crippen molar-refractivity contribution in [1.29, 1.82) is 0 Å². The van der Waals surface area contributed by atoms with Gasteiger partial charge in [0.25, 0.3) is 5.91 Å². The average molecular weight is 379 g/mol. The Morgan fingerprint density at radius 3 is 2.36 bits per heavy atom. The number of hydrogen-bond acceptors (Lipinski definition) is 5. The largest absolute Gasteiger partial charge is 0.404 e. The maximum Gasteiger partial charge on any atom is 0.255 e. The third kappa shape index (κ3) is 4.76. The maximum absolute atomic E-state index is 12.5. The van der Waals surface area contributed by atoms with E-state index in [4.69, 9.17) is 5.73 Å². The minimum atomic E-state index is -0.364. The number of ketones is 1. The molecule has 0 aromatic heterocycles. The number of nitrogens with zero attached hydrogens (tertiary/aromatic N) is 1. The van der Waals surface area contributed by atoms with E-state index >= 15 is 0 Å². The van der Waals surface area contributed by atoms with Crippen molar-refractivity contribution < 1.29 is 14.4 Å². The van der Waals surface area contributed by atoms with Crippen molar-refractivity contribution in [3.8, 4) is 0 Å². The van der Waals surface area contributed by atoms with E-state index in [1.165, 1.54) is 37.6 Å². The standard InChI is InChI=1S/C22H25N3O3/c23-14-18(17-6-9-21(27)13-17)12-19(15-26)24-22(28)16-4-7-20(8-5-16)25-10-2-1-3-11-25/h4-5,7-8,12-15H,1-3,6,9-11,23H2,(H,24,28)/b18-14+,19-12+. The van der Waals surface area contributed by atoms with E-state index in [0.717, 1.165) is 24.4 Å². The molecule has 2 aliphatic rings.